The zero-order valence-corrected chi connectivity index (χ0v) is 12.5. The Morgan fingerprint density at radius 1 is 1.21 bits per heavy atom. The highest BCUT2D eigenvalue weighted by Crippen LogP contribution is 2.19. The van der Waals surface area contributed by atoms with Gasteiger partial charge < -0.3 is 10.1 Å². The molecule has 1 amide bonds. The molecule has 1 aromatic rings. The average Bonchev–Trinajstić information content (AvgIpc) is 2.34. The third-order valence-electron chi connectivity index (χ3n) is 2.95. The fraction of sp³-hybridized carbons (Fsp3) is 0.562. The summed E-state index contributed by atoms with van der Waals surface area (Å²) >= 11 is 0. The van der Waals surface area contributed by atoms with Gasteiger partial charge in [-0.25, -0.2) is 0 Å². The van der Waals surface area contributed by atoms with Gasteiger partial charge in [-0.3, -0.25) is 4.79 Å². The van der Waals surface area contributed by atoms with Crippen molar-refractivity contribution in [3.05, 3.63) is 29.8 Å². The molecule has 0 heterocycles. The van der Waals surface area contributed by atoms with Crippen molar-refractivity contribution in [1.29, 1.82) is 0 Å². The monoisotopic (exact) mass is 263 g/mol. The number of nitrogens with one attached hydrogen (secondary N) is 1. The molecule has 0 aromatic heterocycles. The molecule has 0 radical (unpaired) electrons. The molecule has 0 saturated heterocycles. The molecule has 1 rings (SSSR count). The van der Waals surface area contributed by atoms with Crippen molar-refractivity contribution >= 4 is 5.91 Å². The zero-order chi connectivity index (χ0) is 14.3. The van der Waals surface area contributed by atoms with E-state index in [2.05, 4.69) is 26.1 Å². The average molecular weight is 263 g/mol. The van der Waals surface area contributed by atoms with Crippen molar-refractivity contribution in [3.63, 3.8) is 0 Å². The summed E-state index contributed by atoms with van der Waals surface area (Å²) in [6.07, 6.45) is 2.58. The van der Waals surface area contributed by atoms with E-state index in [0.29, 0.717) is 11.8 Å². The summed E-state index contributed by atoms with van der Waals surface area (Å²) in [5.41, 5.74) is 1.34. The topological polar surface area (TPSA) is 38.3 Å². The van der Waals surface area contributed by atoms with E-state index in [4.69, 9.17) is 4.74 Å². The van der Waals surface area contributed by atoms with Crippen LogP contribution < -0.4 is 10.1 Å². The minimum absolute atomic E-state index is 0.0825. The molecule has 0 fully saturated rings. The van der Waals surface area contributed by atoms with Crippen LogP contribution in [0, 0.1) is 5.41 Å². The van der Waals surface area contributed by atoms with Gasteiger partial charge in [0, 0.05) is 6.54 Å². The number of rotatable bonds is 6. The van der Waals surface area contributed by atoms with E-state index < -0.39 is 0 Å². The van der Waals surface area contributed by atoms with Gasteiger partial charge in [-0.05, 0) is 36.0 Å². The fourth-order valence-corrected chi connectivity index (χ4v) is 1.84. The van der Waals surface area contributed by atoms with Crippen molar-refractivity contribution in [2.24, 2.45) is 5.41 Å². The van der Waals surface area contributed by atoms with Gasteiger partial charge in [-0.1, -0.05) is 32.9 Å². The smallest absolute Gasteiger partial charge is 0.224 e. The van der Waals surface area contributed by atoms with Gasteiger partial charge in [0.25, 0.3) is 0 Å². The molecule has 3 nitrogen and oxygen atoms in total. The highest BCUT2D eigenvalue weighted by Gasteiger charge is 2.09. The van der Waals surface area contributed by atoms with Crippen LogP contribution in [0.1, 0.15) is 39.2 Å². The van der Waals surface area contributed by atoms with Crippen molar-refractivity contribution in [2.75, 3.05) is 13.7 Å². The van der Waals surface area contributed by atoms with Gasteiger partial charge in [-0.2, -0.15) is 0 Å². The van der Waals surface area contributed by atoms with E-state index in [0.717, 1.165) is 30.7 Å². The highest BCUT2D eigenvalue weighted by atomic mass is 16.5. The molecule has 0 unspecified atom stereocenters. The lowest BCUT2D eigenvalue weighted by atomic mass is 9.91. The van der Waals surface area contributed by atoms with Crippen LogP contribution in [0.2, 0.25) is 0 Å². The molecule has 0 saturated carbocycles. The molecule has 0 bridgehead atoms. The van der Waals surface area contributed by atoms with Crippen LogP contribution in [0.15, 0.2) is 24.3 Å². The van der Waals surface area contributed by atoms with E-state index in [9.17, 15) is 4.79 Å². The maximum atomic E-state index is 11.7. The molecule has 3 heteroatoms. The second kappa shape index (κ2) is 7.17. The minimum Gasteiger partial charge on any atom is -0.497 e. The van der Waals surface area contributed by atoms with E-state index in [1.807, 2.05) is 24.3 Å². The summed E-state index contributed by atoms with van der Waals surface area (Å²) in [6, 6.07) is 7.60. The zero-order valence-electron chi connectivity index (χ0n) is 12.5. The first kappa shape index (κ1) is 15.5. The van der Waals surface area contributed by atoms with Crippen molar-refractivity contribution in [1.82, 2.24) is 5.32 Å². The Bertz CT molecular complexity index is 390. The molecule has 19 heavy (non-hydrogen) atoms. The van der Waals surface area contributed by atoms with Crippen LogP contribution in [0.25, 0.3) is 0 Å². The van der Waals surface area contributed by atoms with E-state index >= 15 is 0 Å². The second-order valence-corrected chi connectivity index (χ2v) is 6.04. The molecule has 106 valence electrons. The highest BCUT2D eigenvalue weighted by molar-refractivity contribution is 5.78. The quantitative estimate of drug-likeness (QED) is 0.801. The molecule has 1 aromatic carbocycles. The maximum Gasteiger partial charge on any atom is 0.224 e. The van der Waals surface area contributed by atoms with Crippen LogP contribution in [0.3, 0.4) is 0 Å². The first-order valence-electron chi connectivity index (χ1n) is 6.80. The number of amides is 1. The summed E-state index contributed by atoms with van der Waals surface area (Å²) in [4.78, 5) is 11.7. The van der Waals surface area contributed by atoms with Gasteiger partial charge in [0.2, 0.25) is 5.91 Å². The number of methoxy groups -OCH3 is 1. The minimum atomic E-state index is 0.0825. The lowest BCUT2D eigenvalue weighted by Crippen LogP contribution is -2.26. The Balaban J connectivity index is 2.27. The Kier molecular flexibility index (Phi) is 5.87. The number of hydrogen-bond acceptors (Lipinski definition) is 2. The predicted octanol–water partition coefficient (Wildman–Crippen LogP) is 3.18. The van der Waals surface area contributed by atoms with Gasteiger partial charge in [-0.15, -0.1) is 0 Å². The van der Waals surface area contributed by atoms with Gasteiger partial charge >= 0.3 is 0 Å². The van der Waals surface area contributed by atoms with Gasteiger partial charge in [0.15, 0.2) is 0 Å². The molecule has 0 spiro atoms. The first-order chi connectivity index (χ1) is 8.90. The number of benzene rings is 1. The molecule has 1 N–H and O–H groups in total. The molecule has 0 aliphatic carbocycles. The Morgan fingerprint density at radius 2 is 1.84 bits per heavy atom. The lowest BCUT2D eigenvalue weighted by molar-refractivity contribution is -0.120. The Morgan fingerprint density at radius 3 is 2.37 bits per heavy atom. The molecule has 0 atom stereocenters. The number of carbonyl (C=O) groups is 1. The summed E-state index contributed by atoms with van der Waals surface area (Å²) in [5.74, 6) is 0.897. The van der Waals surface area contributed by atoms with Crippen LogP contribution in [0.4, 0.5) is 0 Å². The van der Waals surface area contributed by atoms with Crippen molar-refractivity contribution < 1.29 is 9.53 Å². The SMILES string of the molecule is COc1ccc(CC(=O)NCCCC(C)(C)C)cc1. The van der Waals surface area contributed by atoms with Crippen molar-refractivity contribution in [3.8, 4) is 5.75 Å². The standard InChI is InChI=1S/C16H25NO2/c1-16(2,3)10-5-11-17-15(18)12-13-6-8-14(19-4)9-7-13/h6-9H,5,10-12H2,1-4H3,(H,17,18). The number of carbonyl (C=O) groups excluding carboxylic acids is 1. The third-order valence-corrected chi connectivity index (χ3v) is 2.95. The van der Waals surface area contributed by atoms with Crippen LogP contribution in [-0.2, 0) is 11.2 Å². The number of ether oxygens (including phenoxy) is 1. The third kappa shape index (κ3) is 6.85. The summed E-state index contributed by atoms with van der Waals surface area (Å²) in [7, 11) is 1.64. The lowest BCUT2D eigenvalue weighted by Gasteiger charge is -2.17. The van der Waals surface area contributed by atoms with Crippen LogP contribution >= 0.6 is 0 Å². The van der Waals surface area contributed by atoms with E-state index in [1.165, 1.54) is 0 Å². The summed E-state index contributed by atoms with van der Waals surface area (Å²) in [6.45, 7) is 7.40. The fourth-order valence-electron chi connectivity index (χ4n) is 1.84. The Labute approximate surface area is 116 Å². The van der Waals surface area contributed by atoms with Crippen molar-refractivity contribution in [2.45, 2.75) is 40.0 Å². The van der Waals surface area contributed by atoms with Gasteiger partial charge in [0.05, 0.1) is 13.5 Å². The normalized spacial score (nSPS) is 11.2. The maximum absolute atomic E-state index is 11.7. The number of hydrogen-bond donors (Lipinski definition) is 1. The Hall–Kier alpha value is -1.51. The second-order valence-electron chi connectivity index (χ2n) is 6.04. The summed E-state index contributed by atoms with van der Waals surface area (Å²) in [5, 5.41) is 2.96. The van der Waals surface area contributed by atoms with Gasteiger partial charge in [0.1, 0.15) is 5.75 Å². The summed E-state index contributed by atoms with van der Waals surface area (Å²) < 4.78 is 5.08. The molecule has 0 aliphatic heterocycles. The molecule has 0 aliphatic rings. The van der Waals surface area contributed by atoms with E-state index in [1.54, 1.807) is 7.11 Å². The van der Waals surface area contributed by atoms with Crippen LogP contribution in [0.5, 0.6) is 5.75 Å². The molecular formula is C16H25NO2. The largest absolute Gasteiger partial charge is 0.497 e. The molecular weight excluding hydrogens is 238 g/mol. The first-order valence-corrected chi connectivity index (χ1v) is 6.80. The van der Waals surface area contributed by atoms with Crippen LogP contribution in [-0.4, -0.2) is 19.6 Å². The predicted molar refractivity (Wildman–Crippen MR) is 78.4 cm³/mol. The van der Waals surface area contributed by atoms with E-state index in [-0.39, 0.29) is 5.91 Å².